The predicted octanol–water partition coefficient (Wildman–Crippen LogP) is 9.61. The molecule has 2 rings (SSSR count). The van der Waals surface area contributed by atoms with Gasteiger partial charge in [-0.2, -0.15) is 0 Å². The molecule has 14 nitrogen and oxygen atoms in total. The van der Waals surface area contributed by atoms with E-state index in [1.807, 2.05) is 0 Å². The molecule has 0 spiro atoms. The van der Waals surface area contributed by atoms with E-state index in [-0.39, 0.29) is 12.5 Å². The molecule has 0 bridgehead atoms. The van der Waals surface area contributed by atoms with Crippen LogP contribution in [0.5, 0.6) is 0 Å². The average molecular weight is 1040 g/mol. The van der Waals surface area contributed by atoms with E-state index in [0.29, 0.717) is 12.8 Å². The summed E-state index contributed by atoms with van der Waals surface area (Å²) < 4.78 is 22.8. The van der Waals surface area contributed by atoms with Crippen molar-refractivity contribution in [2.24, 2.45) is 0 Å². The van der Waals surface area contributed by atoms with Crippen LogP contribution in [0.1, 0.15) is 226 Å². The van der Waals surface area contributed by atoms with Gasteiger partial charge in [0.2, 0.25) is 5.91 Å². The minimum Gasteiger partial charge on any atom is -0.394 e. The molecular weight excluding hydrogens is 931 g/mol. The third-order valence-corrected chi connectivity index (χ3v) is 14.3. The molecule has 0 saturated carbocycles. The van der Waals surface area contributed by atoms with Crippen molar-refractivity contribution in [1.29, 1.82) is 0 Å². The van der Waals surface area contributed by atoms with Crippen LogP contribution >= 0.6 is 0 Å². The molecule has 2 saturated heterocycles. The highest BCUT2D eigenvalue weighted by Gasteiger charge is 2.51. The molecule has 12 unspecified atom stereocenters. The molecule has 0 aromatic carbocycles. The summed E-state index contributed by atoms with van der Waals surface area (Å²) >= 11 is 0. The number of carbonyl (C=O) groups excluding carboxylic acids is 1. The molecule has 426 valence electrons. The van der Waals surface area contributed by atoms with Gasteiger partial charge in [0.1, 0.15) is 48.8 Å². The Labute approximate surface area is 442 Å². The van der Waals surface area contributed by atoms with Crippen LogP contribution in [0.15, 0.2) is 48.6 Å². The molecule has 0 aliphatic carbocycles. The average Bonchev–Trinajstić information content (AvgIpc) is 3.39. The van der Waals surface area contributed by atoms with E-state index in [0.717, 1.165) is 77.0 Å². The normalized spacial score (nSPS) is 25.7. The maximum atomic E-state index is 13.3. The third-order valence-electron chi connectivity index (χ3n) is 14.3. The van der Waals surface area contributed by atoms with Gasteiger partial charge in [0.15, 0.2) is 12.6 Å². The largest absolute Gasteiger partial charge is 0.394 e. The maximum absolute atomic E-state index is 13.3. The summed E-state index contributed by atoms with van der Waals surface area (Å²) in [5, 5.41) is 87.1. The van der Waals surface area contributed by atoms with Gasteiger partial charge in [0, 0.05) is 6.42 Å². The summed E-state index contributed by atoms with van der Waals surface area (Å²) in [4.78, 5) is 13.3. The summed E-state index contributed by atoms with van der Waals surface area (Å²) in [6.45, 7) is 2.74. The van der Waals surface area contributed by atoms with E-state index in [2.05, 4.69) is 67.8 Å². The molecule has 73 heavy (non-hydrogen) atoms. The fourth-order valence-electron chi connectivity index (χ4n) is 9.58. The monoisotopic (exact) mass is 1040 g/mol. The zero-order valence-corrected chi connectivity index (χ0v) is 45.6. The Morgan fingerprint density at radius 3 is 1.45 bits per heavy atom. The van der Waals surface area contributed by atoms with Gasteiger partial charge in [-0.05, 0) is 51.4 Å². The number of rotatable bonds is 46. The highest BCUT2D eigenvalue weighted by atomic mass is 16.7. The second kappa shape index (κ2) is 45.0. The van der Waals surface area contributed by atoms with Gasteiger partial charge in [-0.25, -0.2) is 0 Å². The fourth-order valence-corrected chi connectivity index (χ4v) is 9.58. The van der Waals surface area contributed by atoms with Gasteiger partial charge >= 0.3 is 0 Å². The zero-order valence-electron chi connectivity index (χ0n) is 45.6. The molecule has 14 heteroatoms. The zero-order chi connectivity index (χ0) is 53.2. The first-order valence-electron chi connectivity index (χ1n) is 29.4. The second-order valence-corrected chi connectivity index (χ2v) is 20.7. The lowest BCUT2D eigenvalue weighted by Gasteiger charge is -2.46. The molecule has 9 N–H and O–H groups in total. The lowest BCUT2D eigenvalue weighted by molar-refractivity contribution is -0.359. The van der Waals surface area contributed by atoms with E-state index < -0.39 is 86.8 Å². The number of amides is 1. The fraction of sp³-hybridized carbons (Fsp3) is 0.847. The number of ether oxygens (including phenoxy) is 4. The van der Waals surface area contributed by atoms with Crippen molar-refractivity contribution < 1.29 is 64.6 Å². The molecule has 2 fully saturated rings. The smallest absolute Gasteiger partial charge is 0.220 e. The van der Waals surface area contributed by atoms with Crippen LogP contribution in [0.2, 0.25) is 0 Å². The number of hydrogen-bond acceptors (Lipinski definition) is 13. The van der Waals surface area contributed by atoms with Gasteiger partial charge in [-0.3, -0.25) is 4.79 Å². The summed E-state index contributed by atoms with van der Waals surface area (Å²) in [6.07, 6.45) is 38.3. The van der Waals surface area contributed by atoms with Crippen molar-refractivity contribution in [3.8, 4) is 0 Å². The van der Waals surface area contributed by atoms with Crippen LogP contribution in [-0.4, -0.2) is 140 Å². The van der Waals surface area contributed by atoms with Crippen LogP contribution in [0.3, 0.4) is 0 Å². The Morgan fingerprint density at radius 1 is 0.507 bits per heavy atom. The SMILES string of the molecule is CC/C=C\C/C=C\C/C=C\C/C=C\CCCCCCCCCCCCCCCCC(=O)NC(COC1OC(CO)C(OC2OC(CO)C(O)C(O)C2O)C(O)C1O)C(O)CCCCCCCCCCCCCC. The Morgan fingerprint density at radius 2 is 0.945 bits per heavy atom. The first-order chi connectivity index (χ1) is 35.6. The molecule has 2 heterocycles. The number of aliphatic hydroxyl groups excluding tert-OH is 8. The highest BCUT2D eigenvalue weighted by Crippen LogP contribution is 2.30. The minimum atomic E-state index is -1.78. The van der Waals surface area contributed by atoms with Crippen molar-refractivity contribution in [1.82, 2.24) is 5.32 Å². The number of hydrogen-bond donors (Lipinski definition) is 9. The van der Waals surface area contributed by atoms with Crippen LogP contribution in [0.4, 0.5) is 0 Å². The molecular formula is C59H107NO13. The maximum Gasteiger partial charge on any atom is 0.220 e. The number of carbonyl (C=O) groups is 1. The minimum absolute atomic E-state index is 0.209. The van der Waals surface area contributed by atoms with Gasteiger partial charge < -0.3 is 65.1 Å². The van der Waals surface area contributed by atoms with E-state index in [9.17, 15) is 45.6 Å². The molecule has 2 aliphatic rings. The number of unbranched alkanes of at least 4 members (excludes halogenated alkanes) is 25. The van der Waals surface area contributed by atoms with Crippen LogP contribution in [-0.2, 0) is 23.7 Å². The summed E-state index contributed by atoms with van der Waals surface area (Å²) in [7, 11) is 0. The van der Waals surface area contributed by atoms with E-state index in [1.165, 1.54) is 122 Å². The summed E-state index contributed by atoms with van der Waals surface area (Å²) in [5.41, 5.74) is 0. The first-order valence-corrected chi connectivity index (χ1v) is 29.4. The van der Waals surface area contributed by atoms with Crippen molar-refractivity contribution in [3.63, 3.8) is 0 Å². The Bertz CT molecular complexity index is 1410. The number of aliphatic hydroxyl groups is 8. The topological polar surface area (TPSA) is 228 Å². The number of allylic oxidation sites excluding steroid dienone is 8. The summed E-state index contributed by atoms with van der Waals surface area (Å²) in [6, 6.07) is -0.828. The van der Waals surface area contributed by atoms with E-state index >= 15 is 0 Å². The lowest BCUT2D eigenvalue weighted by atomic mass is 9.97. The van der Waals surface area contributed by atoms with Crippen LogP contribution < -0.4 is 5.32 Å². The molecule has 0 radical (unpaired) electrons. The number of nitrogens with one attached hydrogen (secondary N) is 1. The Balaban J connectivity index is 1.69. The van der Waals surface area contributed by atoms with E-state index in [4.69, 9.17) is 18.9 Å². The second-order valence-electron chi connectivity index (χ2n) is 20.7. The molecule has 1 amide bonds. The van der Waals surface area contributed by atoms with Crippen LogP contribution in [0, 0.1) is 0 Å². The molecule has 0 aromatic heterocycles. The van der Waals surface area contributed by atoms with Crippen molar-refractivity contribution in [3.05, 3.63) is 48.6 Å². The van der Waals surface area contributed by atoms with Crippen molar-refractivity contribution in [2.45, 2.75) is 299 Å². The highest BCUT2D eigenvalue weighted by molar-refractivity contribution is 5.76. The molecule has 12 atom stereocenters. The molecule has 2 aliphatic heterocycles. The van der Waals surface area contributed by atoms with Crippen molar-refractivity contribution >= 4 is 5.91 Å². The predicted molar refractivity (Wildman–Crippen MR) is 291 cm³/mol. The van der Waals surface area contributed by atoms with E-state index in [1.54, 1.807) is 0 Å². The van der Waals surface area contributed by atoms with Gasteiger partial charge in [-0.1, -0.05) is 217 Å². The Kier molecular flexibility index (Phi) is 41.4. The molecule has 0 aromatic rings. The van der Waals surface area contributed by atoms with Crippen LogP contribution in [0.25, 0.3) is 0 Å². The quantitative estimate of drug-likeness (QED) is 0.0205. The first kappa shape index (κ1) is 67.1. The summed E-state index contributed by atoms with van der Waals surface area (Å²) in [5.74, 6) is -0.209. The lowest BCUT2D eigenvalue weighted by Crippen LogP contribution is -2.65. The Hall–Kier alpha value is -2.05. The van der Waals surface area contributed by atoms with Crippen molar-refractivity contribution in [2.75, 3.05) is 19.8 Å². The van der Waals surface area contributed by atoms with Gasteiger partial charge in [0.05, 0.1) is 32.0 Å². The van der Waals surface area contributed by atoms with Gasteiger partial charge in [0.25, 0.3) is 0 Å². The standard InChI is InChI=1S/C59H107NO13/c1-3-5-7-9-11-13-15-17-18-19-20-21-22-23-24-25-26-27-28-29-30-31-33-35-37-39-41-43-51(64)60-47(48(63)42-40-38-36-34-32-16-14-12-10-8-6-4-2)46-70-58-56(69)54(67)57(50(45-62)72-58)73-59-55(68)53(66)52(65)49(44-61)71-59/h5,7,11,13,17-18,20-21,47-50,52-59,61-63,65-69H,3-4,6,8-10,12,14-16,19,22-46H2,1-2H3,(H,60,64)/b7-5-,13-11-,18-17-,21-20-. The third kappa shape index (κ3) is 31.1. The van der Waals surface area contributed by atoms with Gasteiger partial charge in [-0.15, -0.1) is 0 Å².